The van der Waals surface area contributed by atoms with Gasteiger partial charge in [0.2, 0.25) is 5.13 Å². The van der Waals surface area contributed by atoms with E-state index in [-0.39, 0.29) is 11.4 Å². The van der Waals surface area contributed by atoms with Gasteiger partial charge in [-0.05, 0) is 6.42 Å². The highest BCUT2D eigenvalue weighted by Crippen LogP contribution is 2.17. The maximum atomic E-state index is 11.0. The first kappa shape index (κ1) is 10.6. The number of nitrogen functional groups attached to an aromatic ring is 1. The molecule has 6 nitrogen and oxygen atoms in total. The van der Waals surface area contributed by atoms with E-state index in [1.807, 2.05) is 12.3 Å². The van der Waals surface area contributed by atoms with Crippen LogP contribution in [0.2, 0.25) is 0 Å². The number of carbonyl (C=O) groups is 1. The molecule has 0 bridgehead atoms. The molecule has 2 rings (SSSR count). The zero-order valence-corrected chi connectivity index (χ0v) is 9.49. The fourth-order valence-corrected chi connectivity index (χ4v) is 2.07. The lowest BCUT2D eigenvalue weighted by Gasteiger charge is -1.92. The molecular weight excluding hydrogens is 226 g/mol. The molecule has 2 aromatic heterocycles. The molecule has 0 radical (unpaired) electrons. The molecule has 84 valence electrons. The van der Waals surface area contributed by atoms with Gasteiger partial charge in [0.25, 0.3) is 5.91 Å². The van der Waals surface area contributed by atoms with Gasteiger partial charge in [0, 0.05) is 5.38 Å². The summed E-state index contributed by atoms with van der Waals surface area (Å²) in [6.07, 6.45) is 2.40. The van der Waals surface area contributed by atoms with Crippen molar-refractivity contribution in [1.29, 1.82) is 0 Å². The fraction of sp³-hybridized carbons (Fsp3) is 0.222. The van der Waals surface area contributed by atoms with Crippen LogP contribution in [0.25, 0.3) is 5.13 Å². The summed E-state index contributed by atoms with van der Waals surface area (Å²) in [6.45, 7) is 2.02. The first-order valence-corrected chi connectivity index (χ1v) is 5.59. The van der Waals surface area contributed by atoms with Gasteiger partial charge >= 0.3 is 0 Å². The van der Waals surface area contributed by atoms with Crippen molar-refractivity contribution in [2.75, 3.05) is 5.73 Å². The van der Waals surface area contributed by atoms with Gasteiger partial charge in [0.15, 0.2) is 5.69 Å². The molecule has 16 heavy (non-hydrogen) atoms. The van der Waals surface area contributed by atoms with Gasteiger partial charge < -0.3 is 11.5 Å². The number of nitrogens with zero attached hydrogens (tertiary/aromatic N) is 3. The number of carbonyl (C=O) groups excluding carboxylic acids is 1. The van der Waals surface area contributed by atoms with Crippen LogP contribution in [0.5, 0.6) is 0 Å². The molecule has 0 saturated carbocycles. The Balaban J connectivity index is 2.41. The predicted octanol–water partition coefficient (Wildman–Crippen LogP) is 0.572. The number of primary amides is 1. The van der Waals surface area contributed by atoms with Crippen LogP contribution in [0.15, 0.2) is 11.6 Å². The highest BCUT2D eigenvalue weighted by Gasteiger charge is 2.13. The van der Waals surface area contributed by atoms with Crippen molar-refractivity contribution in [2.45, 2.75) is 13.3 Å². The standard InChI is InChI=1S/C9H11N5OS/c1-2-5-4-16-9(12-5)14-3-6(10)7(13-14)8(11)15/h3-4H,2,10H2,1H3,(H2,11,15). The van der Waals surface area contributed by atoms with Crippen molar-refractivity contribution in [3.8, 4) is 5.13 Å². The zero-order chi connectivity index (χ0) is 11.7. The number of hydrogen-bond acceptors (Lipinski definition) is 5. The van der Waals surface area contributed by atoms with Gasteiger partial charge in [0.1, 0.15) is 0 Å². The van der Waals surface area contributed by atoms with Crippen molar-refractivity contribution < 1.29 is 4.79 Å². The molecule has 2 aromatic rings. The Kier molecular flexibility index (Phi) is 2.61. The first-order chi connectivity index (χ1) is 7.61. The van der Waals surface area contributed by atoms with Gasteiger partial charge in [-0.2, -0.15) is 5.10 Å². The maximum absolute atomic E-state index is 11.0. The van der Waals surface area contributed by atoms with E-state index in [1.54, 1.807) is 6.20 Å². The van der Waals surface area contributed by atoms with Crippen LogP contribution in [0.4, 0.5) is 5.69 Å². The molecule has 0 fully saturated rings. The summed E-state index contributed by atoms with van der Waals surface area (Å²) < 4.78 is 1.47. The minimum atomic E-state index is -0.636. The Labute approximate surface area is 95.9 Å². The average molecular weight is 237 g/mol. The lowest BCUT2D eigenvalue weighted by molar-refractivity contribution is 0.0996. The molecule has 0 atom stereocenters. The monoisotopic (exact) mass is 237 g/mol. The van der Waals surface area contributed by atoms with E-state index >= 15 is 0 Å². The molecule has 4 N–H and O–H groups in total. The Morgan fingerprint density at radius 2 is 2.38 bits per heavy atom. The van der Waals surface area contributed by atoms with Crippen molar-refractivity contribution in [3.63, 3.8) is 0 Å². The summed E-state index contributed by atoms with van der Waals surface area (Å²) in [7, 11) is 0. The summed E-state index contributed by atoms with van der Waals surface area (Å²) in [4.78, 5) is 15.3. The molecule has 0 spiro atoms. The van der Waals surface area contributed by atoms with Crippen molar-refractivity contribution in [1.82, 2.24) is 14.8 Å². The second-order valence-corrected chi connectivity index (χ2v) is 4.05. The second-order valence-electron chi connectivity index (χ2n) is 3.22. The van der Waals surface area contributed by atoms with Crippen molar-refractivity contribution in [3.05, 3.63) is 23.0 Å². The highest BCUT2D eigenvalue weighted by molar-refractivity contribution is 7.12. The molecule has 1 amide bonds. The maximum Gasteiger partial charge on any atom is 0.271 e. The molecule has 2 heterocycles. The summed E-state index contributed by atoms with van der Waals surface area (Å²) >= 11 is 1.44. The Morgan fingerprint density at radius 1 is 1.62 bits per heavy atom. The van der Waals surface area contributed by atoms with Crippen LogP contribution in [0.1, 0.15) is 23.1 Å². The van der Waals surface area contributed by atoms with Crippen LogP contribution in [-0.4, -0.2) is 20.7 Å². The van der Waals surface area contributed by atoms with Crippen molar-refractivity contribution >= 4 is 22.9 Å². The van der Waals surface area contributed by atoms with Crippen molar-refractivity contribution in [2.24, 2.45) is 5.73 Å². The van der Waals surface area contributed by atoms with E-state index in [9.17, 15) is 4.79 Å². The third kappa shape index (κ3) is 1.76. The number of aromatic nitrogens is 3. The third-order valence-corrected chi connectivity index (χ3v) is 2.95. The fourth-order valence-electron chi connectivity index (χ4n) is 1.24. The molecule has 0 aromatic carbocycles. The van der Waals surface area contributed by atoms with E-state index in [2.05, 4.69) is 10.1 Å². The lowest BCUT2D eigenvalue weighted by Crippen LogP contribution is -2.13. The summed E-state index contributed by atoms with van der Waals surface area (Å²) in [5, 5.41) is 6.61. The number of aryl methyl sites for hydroxylation is 1. The summed E-state index contributed by atoms with van der Waals surface area (Å²) in [6, 6.07) is 0. The van der Waals surface area contributed by atoms with Crippen LogP contribution in [0.3, 0.4) is 0 Å². The SMILES string of the molecule is CCc1csc(-n2cc(N)c(C(N)=O)n2)n1. The Bertz CT molecular complexity index is 530. The first-order valence-electron chi connectivity index (χ1n) is 4.71. The van der Waals surface area contributed by atoms with Gasteiger partial charge in [-0.1, -0.05) is 6.92 Å². The van der Waals surface area contributed by atoms with Crippen LogP contribution in [-0.2, 0) is 6.42 Å². The number of thiazole rings is 1. The average Bonchev–Trinajstić information content (AvgIpc) is 2.83. The topological polar surface area (TPSA) is 99.8 Å². The highest BCUT2D eigenvalue weighted by atomic mass is 32.1. The number of anilines is 1. The van der Waals surface area contributed by atoms with Gasteiger partial charge in [-0.15, -0.1) is 11.3 Å². The molecule has 7 heteroatoms. The Morgan fingerprint density at radius 3 is 2.88 bits per heavy atom. The summed E-state index contributed by atoms with van der Waals surface area (Å²) in [5.41, 5.74) is 12.1. The zero-order valence-electron chi connectivity index (χ0n) is 8.67. The minimum Gasteiger partial charge on any atom is -0.396 e. The smallest absolute Gasteiger partial charge is 0.271 e. The van der Waals surface area contributed by atoms with E-state index in [0.717, 1.165) is 12.1 Å². The number of nitrogens with two attached hydrogens (primary N) is 2. The number of rotatable bonds is 3. The van der Waals surface area contributed by atoms with E-state index < -0.39 is 5.91 Å². The lowest BCUT2D eigenvalue weighted by atomic mass is 10.4. The largest absolute Gasteiger partial charge is 0.396 e. The van der Waals surface area contributed by atoms with E-state index in [0.29, 0.717) is 5.13 Å². The molecule has 0 aliphatic rings. The second kappa shape index (κ2) is 3.93. The van der Waals surface area contributed by atoms with Gasteiger partial charge in [-0.3, -0.25) is 4.79 Å². The van der Waals surface area contributed by atoms with E-state index in [4.69, 9.17) is 11.5 Å². The third-order valence-electron chi connectivity index (χ3n) is 2.07. The van der Waals surface area contributed by atoms with Gasteiger partial charge in [-0.25, -0.2) is 9.67 Å². The molecule has 0 aliphatic heterocycles. The molecule has 0 aliphatic carbocycles. The predicted molar refractivity (Wildman–Crippen MR) is 61.5 cm³/mol. The Hall–Kier alpha value is -1.89. The van der Waals surface area contributed by atoms with Crippen LogP contribution in [0, 0.1) is 0 Å². The molecule has 0 saturated heterocycles. The minimum absolute atomic E-state index is 0.0771. The number of amides is 1. The quantitative estimate of drug-likeness (QED) is 0.815. The normalized spacial score (nSPS) is 10.6. The molecular formula is C9H11N5OS. The molecule has 0 unspecified atom stereocenters. The number of hydrogen-bond donors (Lipinski definition) is 2. The van der Waals surface area contributed by atoms with Crippen LogP contribution < -0.4 is 11.5 Å². The summed E-state index contributed by atoms with van der Waals surface area (Å²) in [5.74, 6) is -0.636. The van der Waals surface area contributed by atoms with Crippen LogP contribution >= 0.6 is 11.3 Å². The van der Waals surface area contributed by atoms with Gasteiger partial charge in [0.05, 0.1) is 17.6 Å². The van der Waals surface area contributed by atoms with E-state index in [1.165, 1.54) is 16.0 Å².